The van der Waals surface area contributed by atoms with Gasteiger partial charge in [-0.2, -0.15) is 0 Å². The van der Waals surface area contributed by atoms with Gasteiger partial charge in [0.1, 0.15) is 5.75 Å². The van der Waals surface area contributed by atoms with Crippen LogP contribution in [0.5, 0.6) is 5.75 Å². The first-order valence-corrected chi connectivity index (χ1v) is 9.65. The SMILES string of the molecule is CCOc1c(C)cc(Cl)cc1C1NCCc2c1[nH]c1cc(C)cc(C)c21. The Bertz CT molecular complexity index is 990. The van der Waals surface area contributed by atoms with Gasteiger partial charge in [0, 0.05) is 33.7 Å². The zero-order valence-corrected chi connectivity index (χ0v) is 16.6. The van der Waals surface area contributed by atoms with Crippen LogP contribution in [0.15, 0.2) is 24.3 Å². The fourth-order valence-electron chi connectivity index (χ4n) is 4.35. The third-order valence-electron chi connectivity index (χ3n) is 5.26. The minimum atomic E-state index is 0.0600. The zero-order chi connectivity index (χ0) is 18.4. The molecule has 1 atom stereocenters. The second-order valence-corrected chi connectivity index (χ2v) is 7.67. The molecule has 4 rings (SSSR count). The van der Waals surface area contributed by atoms with Gasteiger partial charge in [-0.3, -0.25) is 0 Å². The lowest BCUT2D eigenvalue weighted by Gasteiger charge is -2.27. The molecule has 0 bridgehead atoms. The Morgan fingerprint density at radius 2 is 1.92 bits per heavy atom. The molecule has 3 aromatic rings. The Labute approximate surface area is 159 Å². The molecule has 1 aliphatic rings. The van der Waals surface area contributed by atoms with Crippen molar-refractivity contribution in [2.24, 2.45) is 0 Å². The predicted molar refractivity (Wildman–Crippen MR) is 109 cm³/mol. The highest BCUT2D eigenvalue weighted by Gasteiger charge is 2.29. The number of rotatable bonds is 3. The van der Waals surface area contributed by atoms with Crippen molar-refractivity contribution in [3.8, 4) is 5.75 Å². The molecule has 0 fully saturated rings. The van der Waals surface area contributed by atoms with E-state index >= 15 is 0 Å². The Kier molecular flexibility index (Phi) is 4.45. The molecule has 0 spiro atoms. The number of halogens is 1. The molecule has 0 radical (unpaired) electrons. The van der Waals surface area contributed by atoms with Crippen LogP contribution >= 0.6 is 11.6 Å². The van der Waals surface area contributed by atoms with Gasteiger partial charge in [-0.05, 0) is 74.6 Å². The van der Waals surface area contributed by atoms with Crippen LogP contribution in [0.3, 0.4) is 0 Å². The molecule has 1 aliphatic heterocycles. The number of hydrogen-bond donors (Lipinski definition) is 2. The van der Waals surface area contributed by atoms with Crippen molar-refractivity contribution >= 4 is 22.5 Å². The van der Waals surface area contributed by atoms with E-state index in [0.717, 1.165) is 34.9 Å². The Morgan fingerprint density at radius 1 is 1.12 bits per heavy atom. The van der Waals surface area contributed by atoms with Crippen LogP contribution in [0.4, 0.5) is 0 Å². The minimum Gasteiger partial charge on any atom is -0.493 e. The van der Waals surface area contributed by atoms with E-state index in [1.54, 1.807) is 0 Å². The smallest absolute Gasteiger partial charge is 0.127 e. The van der Waals surface area contributed by atoms with Gasteiger partial charge in [0.05, 0.1) is 12.6 Å². The molecule has 0 saturated heterocycles. The second-order valence-electron chi connectivity index (χ2n) is 7.23. The van der Waals surface area contributed by atoms with Crippen molar-refractivity contribution in [3.05, 3.63) is 62.8 Å². The number of nitrogens with one attached hydrogen (secondary N) is 2. The average Bonchev–Trinajstić information content (AvgIpc) is 2.95. The summed E-state index contributed by atoms with van der Waals surface area (Å²) in [6.07, 6.45) is 1.03. The summed E-state index contributed by atoms with van der Waals surface area (Å²) < 4.78 is 6.00. The van der Waals surface area contributed by atoms with E-state index in [1.807, 2.05) is 19.1 Å². The Balaban J connectivity index is 1.94. The second kappa shape index (κ2) is 6.64. The summed E-state index contributed by atoms with van der Waals surface area (Å²) in [5, 5.41) is 5.79. The average molecular weight is 369 g/mol. The topological polar surface area (TPSA) is 37.0 Å². The van der Waals surface area contributed by atoms with Crippen LogP contribution in [0, 0.1) is 20.8 Å². The van der Waals surface area contributed by atoms with Gasteiger partial charge in [-0.15, -0.1) is 0 Å². The van der Waals surface area contributed by atoms with Crippen LogP contribution in [-0.2, 0) is 6.42 Å². The van der Waals surface area contributed by atoms with E-state index < -0.39 is 0 Å². The lowest BCUT2D eigenvalue weighted by Crippen LogP contribution is -2.31. The molecule has 4 heteroatoms. The molecule has 3 nitrogen and oxygen atoms in total. The summed E-state index contributed by atoms with van der Waals surface area (Å²) in [6.45, 7) is 10.0. The molecule has 2 aromatic carbocycles. The molecule has 2 heterocycles. The van der Waals surface area contributed by atoms with Crippen molar-refractivity contribution in [2.45, 2.75) is 40.2 Å². The molecule has 26 heavy (non-hydrogen) atoms. The van der Waals surface area contributed by atoms with Gasteiger partial charge >= 0.3 is 0 Å². The number of hydrogen-bond acceptors (Lipinski definition) is 2. The first-order chi connectivity index (χ1) is 12.5. The summed E-state index contributed by atoms with van der Waals surface area (Å²) in [5.41, 5.74) is 8.68. The molecule has 1 unspecified atom stereocenters. The summed E-state index contributed by atoms with van der Waals surface area (Å²) in [4.78, 5) is 3.69. The van der Waals surface area contributed by atoms with Crippen LogP contribution in [0.1, 0.15) is 46.5 Å². The number of ether oxygens (including phenoxy) is 1. The highest BCUT2D eigenvalue weighted by molar-refractivity contribution is 6.30. The van der Waals surface area contributed by atoms with Crippen molar-refractivity contribution in [3.63, 3.8) is 0 Å². The van der Waals surface area contributed by atoms with Crippen LogP contribution in [-0.4, -0.2) is 18.1 Å². The molecule has 2 N–H and O–H groups in total. The highest BCUT2D eigenvalue weighted by atomic mass is 35.5. The van der Waals surface area contributed by atoms with Crippen LogP contribution < -0.4 is 10.1 Å². The van der Waals surface area contributed by atoms with E-state index in [0.29, 0.717) is 6.61 Å². The molecule has 136 valence electrons. The molecular formula is C22H25ClN2O. The third-order valence-corrected chi connectivity index (χ3v) is 5.47. The molecule has 0 amide bonds. The first-order valence-electron chi connectivity index (χ1n) is 9.27. The van der Waals surface area contributed by atoms with Gasteiger partial charge in [-0.1, -0.05) is 17.7 Å². The zero-order valence-electron chi connectivity index (χ0n) is 15.8. The van der Waals surface area contributed by atoms with Crippen molar-refractivity contribution in [1.29, 1.82) is 0 Å². The highest BCUT2D eigenvalue weighted by Crippen LogP contribution is 2.40. The molecule has 0 saturated carbocycles. The van der Waals surface area contributed by atoms with E-state index in [2.05, 4.69) is 43.2 Å². The quantitative estimate of drug-likeness (QED) is 0.651. The Morgan fingerprint density at radius 3 is 2.69 bits per heavy atom. The maximum absolute atomic E-state index is 6.40. The van der Waals surface area contributed by atoms with E-state index in [1.165, 1.54) is 33.3 Å². The minimum absolute atomic E-state index is 0.0600. The number of aryl methyl sites for hydroxylation is 3. The third kappa shape index (κ3) is 2.80. The van der Waals surface area contributed by atoms with E-state index in [9.17, 15) is 0 Å². The molecular weight excluding hydrogens is 344 g/mol. The number of fused-ring (bicyclic) bond motifs is 3. The van der Waals surface area contributed by atoms with Gasteiger partial charge < -0.3 is 15.0 Å². The summed E-state index contributed by atoms with van der Waals surface area (Å²) in [5.74, 6) is 0.939. The predicted octanol–water partition coefficient (Wildman–Crippen LogP) is 5.38. The number of H-pyrrole nitrogens is 1. The van der Waals surface area contributed by atoms with E-state index in [-0.39, 0.29) is 6.04 Å². The monoisotopic (exact) mass is 368 g/mol. The van der Waals surface area contributed by atoms with Gasteiger partial charge in [0.2, 0.25) is 0 Å². The number of benzene rings is 2. The summed E-state index contributed by atoms with van der Waals surface area (Å²) in [6, 6.07) is 8.58. The number of aromatic amines is 1. The maximum atomic E-state index is 6.40. The van der Waals surface area contributed by atoms with Crippen LogP contribution in [0.25, 0.3) is 10.9 Å². The lowest BCUT2D eigenvalue weighted by atomic mass is 9.91. The number of aromatic nitrogens is 1. The largest absolute Gasteiger partial charge is 0.493 e. The maximum Gasteiger partial charge on any atom is 0.127 e. The van der Waals surface area contributed by atoms with Crippen molar-refractivity contribution in [1.82, 2.24) is 10.3 Å². The Hall–Kier alpha value is -1.97. The van der Waals surface area contributed by atoms with Crippen molar-refractivity contribution < 1.29 is 4.74 Å². The normalized spacial score (nSPS) is 16.7. The van der Waals surface area contributed by atoms with Crippen molar-refractivity contribution in [2.75, 3.05) is 13.2 Å². The molecule has 1 aromatic heterocycles. The standard InChI is InChI=1S/C22H25ClN2O/c1-5-26-22-14(4)10-15(23)11-17(22)20-21-16(6-7-24-20)19-13(3)8-12(2)9-18(19)25-21/h8-11,20,24-25H,5-7H2,1-4H3. The van der Waals surface area contributed by atoms with E-state index in [4.69, 9.17) is 16.3 Å². The van der Waals surface area contributed by atoms with Gasteiger partial charge in [0.25, 0.3) is 0 Å². The lowest BCUT2D eigenvalue weighted by molar-refractivity contribution is 0.330. The molecule has 0 aliphatic carbocycles. The fraction of sp³-hybridized carbons (Fsp3) is 0.364. The summed E-state index contributed by atoms with van der Waals surface area (Å²) >= 11 is 6.40. The van der Waals surface area contributed by atoms with Gasteiger partial charge in [-0.25, -0.2) is 0 Å². The van der Waals surface area contributed by atoms with Crippen LogP contribution in [0.2, 0.25) is 5.02 Å². The van der Waals surface area contributed by atoms with Gasteiger partial charge in [0.15, 0.2) is 0 Å². The fourth-order valence-corrected chi connectivity index (χ4v) is 4.63. The summed E-state index contributed by atoms with van der Waals surface area (Å²) in [7, 11) is 0. The first kappa shape index (κ1) is 17.4.